The van der Waals surface area contributed by atoms with Crippen LogP contribution in [0.5, 0.6) is 0 Å². The van der Waals surface area contributed by atoms with Crippen molar-refractivity contribution in [2.24, 2.45) is 10.8 Å². The molecule has 1 aromatic heterocycles. The van der Waals surface area contributed by atoms with Crippen LogP contribution in [0.2, 0.25) is 0 Å². The molecule has 2 heterocycles. The standard InChI is InChI=1S/C8H11N3OS/c1-5-3-4-6(12-5)8(2)11-10-7(9)13-8/h3-4,11H,1-2H3,(H2,9,10). The van der Waals surface area contributed by atoms with Crippen molar-refractivity contribution < 1.29 is 4.42 Å². The van der Waals surface area contributed by atoms with E-state index in [1.54, 1.807) is 0 Å². The molecule has 0 aliphatic carbocycles. The van der Waals surface area contributed by atoms with Gasteiger partial charge in [0, 0.05) is 0 Å². The third kappa shape index (κ3) is 1.39. The maximum absolute atomic E-state index is 5.56. The number of nitrogens with two attached hydrogens (primary N) is 1. The van der Waals surface area contributed by atoms with E-state index in [0.717, 1.165) is 11.5 Å². The average molecular weight is 197 g/mol. The zero-order valence-electron chi connectivity index (χ0n) is 7.50. The fourth-order valence-corrected chi connectivity index (χ4v) is 2.02. The second kappa shape index (κ2) is 2.70. The van der Waals surface area contributed by atoms with Crippen molar-refractivity contribution >= 4 is 16.9 Å². The first-order valence-electron chi connectivity index (χ1n) is 3.96. The highest BCUT2D eigenvalue weighted by molar-refractivity contribution is 8.14. The van der Waals surface area contributed by atoms with Gasteiger partial charge >= 0.3 is 0 Å². The van der Waals surface area contributed by atoms with Crippen LogP contribution in [0.1, 0.15) is 18.4 Å². The summed E-state index contributed by atoms with van der Waals surface area (Å²) in [5, 5.41) is 4.46. The van der Waals surface area contributed by atoms with Gasteiger partial charge in [-0.05, 0) is 37.7 Å². The molecule has 0 saturated heterocycles. The average Bonchev–Trinajstić information content (AvgIpc) is 2.60. The van der Waals surface area contributed by atoms with Gasteiger partial charge in [0.05, 0.1) is 0 Å². The van der Waals surface area contributed by atoms with Crippen molar-refractivity contribution in [3.63, 3.8) is 0 Å². The number of rotatable bonds is 1. The molecule has 1 aliphatic heterocycles. The Morgan fingerprint density at radius 3 is 2.85 bits per heavy atom. The number of nitrogens with zero attached hydrogens (tertiary/aromatic N) is 1. The monoisotopic (exact) mass is 197 g/mol. The molecule has 0 amide bonds. The van der Waals surface area contributed by atoms with E-state index in [4.69, 9.17) is 10.2 Å². The first-order valence-corrected chi connectivity index (χ1v) is 4.78. The molecule has 0 bridgehead atoms. The quantitative estimate of drug-likeness (QED) is 0.713. The molecule has 0 spiro atoms. The number of hydrogen-bond acceptors (Lipinski definition) is 5. The Bertz CT molecular complexity index is 360. The van der Waals surface area contributed by atoms with Crippen LogP contribution in [-0.2, 0) is 4.87 Å². The van der Waals surface area contributed by atoms with Crippen molar-refractivity contribution in [3.8, 4) is 0 Å². The van der Waals surface area contributed by atoms with E-state index in [0.29, 0.717) is 5.17 Å². The summed E-state index contributed by atoms with van der Waals surface area (Å²) < 4.78 is 5.51. The summed E-state index contributed by atoms with van der Waals surface area (Å²) in [5.41, 5.74) is 8.51. The van der Waals surface area contributed by atoms with E-state index in [1.807, 2.05) is 26.0 Å². The van der Waals surface area contributed by atoms with Crippen molar-refractivity contribution in [2.75, 3.05) is 0 Å². The normalized spacial score (nSPS) is 27.1. The molecule has 1 unspecified atom stereocenters. The molecule has 70 valence electrons. The Morgan fingerprint density at radius 2 is 2.38 bits per heavy atom. The summed E-state index contributed by atoms with van der Waals surface area (Å²) in [7, 11) is 0. The lowest BCUT2D eigenvalue weighted by molar-refractivity contribution is 0.401. The third-order valence-corrected chi connectivity index (χ3v) is 2.90. The molecule has 0 aromatic carbocycles. The predicted octanol–water partition coefficient (Wildman–Crippen LogP) is 1.33. The van der Waals surface area contributed by atoms with Crippen LogP contribution in [0, 0.1) is 6.92 Å². The molecule has 4 nitrogen and oxygen atoms in total. The number of furan rings is 1. The molecule has 0 saturated carbocycles. The van der Waals surface area contributed by atoms with Crippen LogP contribution in [0.25, 0.3) is 0 Å². The minimum atomic E-state index is -0.349. The molecule has 3 N–H and O–H groups in total. The van der Waals surface area contributed by atoms with Gasteiger partial charge in [-0.3, -0.25) is 5.43 Å². The summed E-state index contributed by atoms with van der Waals surface area (Å²) in [6.07, 6.45) is 0. The number of thioether (sulfide) groups is 1. The lowest BCUT2D eigenvalue weighted by Crippen LogP contribution is -2.28. The Labute approximate surface area is 80.6 Å². The first kappa shape index (κ1) is 8.50. The number of nitrogens with one attached hydrogen (secondary N) is 1. The van der Waals surface area contributed by atoms with Crippen molar-refractivity contribution in [1.29, 1.82) is 0 Å². The lowest BCUT2D eigenvalue weighted by Gasteiger charge is -2.18. The smallest absolute Gasteiger partial charge is 0.180 e. The second-order valence-corrected chi connectivity index (χ2v) is 4.55. The summed E-state index contributed by atoms with van der Waals surface area (Å²) in [6.45, 7) is 3.90. The highest BCUT2D eigenvalue weighted by Crippen LogP contribution is 2.37. The van der Waals surface area contributed by atoms with E-state index in [9.17, 15) is 0 Å². The van der Waals surface area contributed by atoms with E-state index in [1.165, 1.54) is 11.8 Å². The molecule has 1 aromatic rings. The largest absolute Gasteiger partial charge is 0.463 e. The van der Waals surface area contributed by atoms with Crippen LogP contribution in [0.15, 0.2) is 21.7 Å². The highest BCUT2D eigenvalue weighted by Gasteiger charge is 2.35. The number of hydrogen-bond donors (Lipinski definition) is 2. The van der Waals surface area contributed by atoms with E-state index in [-0.39, 0.29) is 4.87 Å². The minimum Gasteiger partial charge on any atom is -0.463 e. The molecule has 5 heteroatoms. The first-order chi connectivity index (χ1) is 6.10. The van der Waals surface area contributed by atoms with Gasteiger partial charge in [-0.15, -0.1) is 0 Å². The molecule has 1 aliphatic rings. The Balaban J connectivity index is 2.27. The van der Waals surface area contributed by atoms with E-state index >= 15 is 0 Å². The van der Waals surface area contributed by atoms with E-state index < -0.39 is 0 Å². The zero-order valence-corrected chi connectivity index (χ0v) is 8.31. The van der Waals surface area contributed by atoms with E-state index in [2.05, 4.69) is 10.5 Å². The van der Waals surface area contributed by atoms with Gasteiger partial charge in [0.1, 0.15) is 11.5 Å². The fraction of sp³-hybridized carbons (Fsp3) is 0.375. The molecular formula is C8H11N3OS. The van der Waals surface area contributed by atoms with Gasteiger partial charge < -0.3 is 10.2 Å². The Morgan fingerprint density at radius 1 is 1.62 bits per heavy atom. The predicted molar refractivity (Wildman–Crippen MR) is 53.1 cm³/mol. The number of aryl methyl sites for hydroxylation is 1. The SMILES string of the molecule is Cc1ccc(C2(C)NN=C(N)S2)o1. The van der Waals surface area contributed by atoms with Crippen LogP contribution in [0.4, 0.5) is 0 Å². The van der Waals surface area contributed by atoms with Crippen molar-refractivity contribution in [3.05, 3.63) is 23.7 Å². The van der Waals surface area contributed by atoms with Crippen LogP contribution in [-0.4, -0.2) is 5.17 Å². The second-order valence-electron chi connectivity index (χ2n) is 3.11. The fourth-order valence-electron chi connectivity index (χ4n) is 1.21. The van der Waals surface area contributed by atoms with Gasteiger partial charge in [-0.2, -0.15) is 5.10 Å². The molecular weight excluding hydrogens is 186 g/mol. The van der Waals surface area contributed by atoms with Gasteiger partial charge in [0.25, 0.3) is 0 Å². The van der Waals surface area contributed by atoms with Crippen LogP contribution >= 0.6 is 11.8 Å². The molecule has 0 fully saturated rings. The molecule has 0 radical (unpaired) electrons. The van der Waals surface area contributed by atoms with Crippen molar-refractivity contribution in [1.82, 2.24) is 5.43 Å². The Hall–Kier alpha value is -1.10. The maximum atomic E-state index is 5.56. The molecule has 1 atom stereocenters. The summed E-state index contributed by atoms with van der Waals surface area (Å²) in [4.78, 5) is -0.349. The minimum absolute atomic E-state index is 0.349. The van der Waals surface area contributed by atoms with Gasteiger partial charge in [-0.1, -0.05) is 0 Å². The Kier molecular flexibility index (Phi) is 1.76. The highest BCUT2D eigenvalue weighted by atomic mass is 32.2. The summed E-state index contributed by atoms with van der Waals surface area (Å²) in [5.74, 6) is 1.74. The third-order valence-electron chi connectivity index (χ3n) is 1.90. The molecule has 13 heavy (non-hydrogen) atoms. The maximum Gasteiger partial charge on any atom is 0.180 e. The van der Waals surface area contributed by atoms with Gasteiger partial charge in [0.2, 0.25) is 0 Å². The number of hydrazone groups is 1. The number of amidine groups is 1. The van der Waals surface area contributed by atoms with Crippen LogP contribution in [0.3, 0.4) is 0 Å². The van der Waals surface area contributed by atoms with Crippen LogP contribution < -0.4 is 11.2 Å². The van der Waals surface area contributed by atoms with Crippen molar-refractivity contribution in [2.45, 2.75) is 18.7 Å². The molecule has 2 rings (SSSR count). The topological polar surface area (TPSA) is 63.5 Å². The van der Waals surface area contributed by atoms with Gasteiger partial charge in [0.15, 0.2) is 10.0 Å². The lowest BCUT2D eigenvalue weighted by atomic mass is 10.2. The summed E-state index contributed by atoms with van der Waals surface area (Å²) in [6, 6.07) is 3.86. The summed E-state index contributed by atoms with van der Waals surface area (Å²) >= 11 is 1.46. The van der Waals surface area contributed by atoms with Gasteiger partial charge in [-0.25, -0.2) is 0 Å². The zero-order chi connectivity index (χ0) is 9.47.